The minimum atomic E-state index is 0.00995. The van der Waals surface area contributed by atoms with E-state index in [9.17, 15) is 4.79 Å². The number of hydrogen-bond donors (Lipinski definition) is 0. The number of hydrogen-bond acceptors (Lipinski definition) is 3. The highest BCUT2D eigenvalue weighted by Gasteiger charge is 2.39. The van der Waals surface area contributed by atoms with Crippen LogP contribution in [0.1, 0.15) is 42.4 Å². The highest BCUT2D eigenvalue weighted by molar-refractivity contribution is 5.94. The van der Waals surface area contributed by atoms with E-state index in [2.05, 4.69) is 28.5 Å². The van der Waals surface area contributed by atoms with Gasteiger partial charge in [-0.05, 0) is 25.8 Å². The van der Waals surface area contributed by atoms with Crippen LogP contribution >= 0.6 is 0 Å². The summed E-state index contributed by atoms with van der Waals surface area (Å²) in [5, 5.41) is 0. The predicted molar refractivity (Wildman–Crippen MR) is 103 cm³/mol. The van der Waals surface area contributed by atoms with Gasteiger partial charge < -0.3 is 9.47 Å². The van der Waals surface area contributed by atoms with E-state index in [0.29, 0.717) is 17.8 Å². The molecule has 1 fully saturated rings. The van der Waals surface area contributed by atoms with E-state index >= 15 is 0 Å². The smallest absolute Gasteiger partial charge is 0.273 e. The van der Waals surface area contributed by atoms with Gasteiger partial charge in [-0.15, -0.1) is 0 Å². The van der Waals surface area contributed by atoms with Gasteiger partial charge in [-0.1, -0.05) is 37.3 Å². The third kappa shape index (κ3) is 2.84. The molecule has 5 heteroatoms. The normalized spacial score (nSPS) is 22.1. The Balaban J connectivity index is 1.83. The first-order valence-electron chi connectivity index (χ1n) is 9.72. The Morgan fingerprint density at radius 1 is 1.19 bits per heavy atom. The van der Waals surface area contributed by atoms with Crippen molar-refractivity contribution in [3.8, 4) is 11.4 Å². The molecule has 0 unspecified atom stereocenters. The standard InChI is InChI=1S/C21H28N4O/c1-4-12-24-16-10-11-17(24)14-25-18(13-16)19(21(26)23(2)3)22-20(25)15-8-6-5-7-9-15/h5-9,16-17H,4,10-14H2,1-3H3/t16-,17+/m0/s1. The van der Waals surface area contributed by atoms with Gasteiger partial charge in [0.25, 0.3) is 5.91 Å². The third-order valence-corrected chi connectivity index (χ3v) is 5.79. The Bertz CT molecular complexity index is 796. The molecule has 5 nitrogen and oxygen atoms in total. The molecule has 2 aliphatic rings. The summed E-state index contributed by atoms with van der Waals surface area (Å²) in [5.41, 5.74) is 2.85. The maximum atomic E-state index is 12.8. The molecular formula is C21H28N4O. The number of rotatable bonds is 4. The monoisotopic (exact) mass is 352 g/mol. The molecule has 1 amide bonds. The number of carbonyl (C=O) groups is 1. The minimum Gasteiger partial charge on any atom is -0.343 e. The van der Waals surface area contributed by atoms with Crippen molar-refractivity contribution in [2.45, 2.75) is 51.2 Å². The number of nitrogens with zero attached hydrogens (tertiary/aromatic N) is 4. The maximum absolute atomic E-state index is 12.8. The second kappa shape index (κ2) is 6.88. The van der Waals surface area contributed by atoms with Crippen molar-refractivity contribution in [2.75, 3.05) is 20.6 Å². The Hall–Kier alpha value is -2.14. The van der Waals surface area contributed by atoms with Crippen LogP contribution < -0.4 is 0 Å². The second-order valence-electron chi connectivity index (χ2n) is 7.73. The summed E-state index contributed by atoms with van der Waals surface area (Å²) in [6, 6.07) is 11.4. The summed E-state index contributed by atoms with van der Waals surface area (Å²) >= 11 is 0. The second-order valence-corrected chi connectivity index (χ2v) is 7.73. The molecule has 0 spiro atoms. The Labute approximate surface area is 155 Å². The van der Waals surface area contributed by atoms with Crippen LogP contribution in [0.4, 0.5) is 0 Å². The van der Waals surface area contributed by atoms with Crippen LogP contribution in [0.25, 0.3) is 11.4 Å². The van der Waals surface area contributed by atoms with Crippen molar-refractivity contribution in [2.24, 2.45) is 0 Å². The lowest BCUT2D eigenvalue weighted by Crippen LogP contribution is -2.37. The quantitative estimate of drug-likeness (QED) is 0.849. The van der Waals surface area contributed by atoms with Crippen LogP contribution in [0.5, 0.6) is 0 Å². The van der Waals surface area contributed by atoms with Gasteiger partial charge in [0, 0.05) is 44.7 Å². The summed E-state index contributed by atoms with van der Waals surface area (Å²) in [7, 11) is 3.62. The Morgan fingerprint density at radius 2 is 1.92 bits per heavy atom. The van der Waals surface area contributed by atoms with Gasteiger partial charge in [0.1, 0.15) is 11.5 Å². The van der Waals surface area contributed by atoms with Crippen LogP contribution in [0.15, 0.2) is 30.3 Å². The zero-order valence-corrected chi connectivity index (χ0v) is 16.0. The fraction of sp³-hybridized carbons (Fsp3) is 0.524. The summed E-state index contributed by atoms with van der Waals surface area (Å²) < 4.78 is 2.33. The zero-order chi connectivity index (χ0) is 18.3. The Kier molecular flexibility index (Phi) is 4.57. The highest BCUT2D eigenvalue weighted by atomic mass is 16.2. The first kappa shape index (κ1) is 17.3. The van der Waals surface area contributed by atoms with Crippen LogP contribution in [0, 0.1) is 0 Å². The van der Waals surface area contributed by atoms with Crippen molar-refractivity contribution in [3.63, 3.8) is 0 Å². The molecule has 3 heterocycles. The van der Waals surface area contributed by atoms with Gasteiger partial charge in [0.05, 0.1) is 5.69 Å². The summed E-state index contributed by atoms with van der Waals surface area (Å²) in [5.74, 6) is 0.950. The number of aromatic nitrogens is 2. The summed E-state index contributed by atoms with van der Waals surface area (Å²) in [4.78, 5) is 22.0. The first-order chi connectivity index (χ1) is 12.6. The van der Waals surface area contributed by atoms with Gasteiger partial charge >= 0.3 is 0 Å². The van der Waals surface area contributed by atoms with E-state index in [1.165, 1.54) is 19.3 Å². The number of carbonyl (C=O) groups excluding carboxylic acids is 1. The first-order valence-corrected chi connectivity index (χ1v) is 9.72. The SMILES string of the molecule is CCCN1[C@@H]2CC[C@H]1Cc1c(C(=O)N(C)C)nc(-c3ccccc3)n1C2. The number of imidazole rings is 1. The van der Waals surface area contributed by atoms with Gasteiger partial charge in [0.2, 0.25) is 0 Å². The van der Waals surface area contributed by atoms with E-state index in [1.54, 1.807) is 4.90 Å². The lowest BCUT2D eigenvalue weighted by atomic mass is 10.0. The molecule has 4 rings (SSSR count). The molecule has 26 heavy (non-hydrogen) atoms. The van der Waals surface area contributed by atoms with E-state index < -0.39 is 0 Å². The molecule has 1 aromatic carbocycles. The van der Waals surface area contributed by atoms with Crippen LogP contribution in [-0.4, -0.2) is 58.0 Å². The molecule has 138 valence electrons. The van der Waals surface area contributed by atoms with E-state index in [4.69, 9.17) is 4.98 Å². The van der Waals surface area contributed by atoms with Crippen molar-refractivity contribution >= 4 is 5.91 Å². The molecule has 2 aromatic rings. The number of amides is 1. The molecule has 2 aliphatic heterocycles. The van der Waals surface area contributed by atoms with Crippen LogP contribution in [-0.2, 0) is 13.0 Å². The van der Waals surface area contributed by atoms with Gasteiger partial charge in [-0.3, -0.25) is 9.69 Å². The van der Waals surface area contributed by atoms with E-state index in [0.717, 1.165) is 36.6 Å². The molecule has 0 aliphatic carbocycles. The molecule has 1 saturated heterocycles. The molecule has 2 bridgehead atoms. The minimum absolute atomic E-state index is 0.00995. The highest BCUT2D eigenvalue weighted by Crippen LogP contribution is 2.35. The Morgan fingerprint density at radius 3 is 2.62 bits per heavy atom. The molecular weight excluding hydrogens is 324 g/mol. The lowest BCUT2D eigenvalue weighted by molar-refractivity contribution is 0.0821. The number of benzene rings is 1. The fourth-order valence-corrected chi connectivity index (χ4v) is 4.57. The molecule has 2 atom stereocenters. The van der Waals surface area contributed by atoms with E-state index in [1.807, 2.05) is 32.3 Å². The summed E-state index contributed by atoms with van der Waals surface area (Å²) in [6.45, 7) is 4.33. The van der Waals surface area contributed by atoms with Crippen molar-refractivity contribution in [1.29, 1.82) is 0 Å². The van der Waals surface area contributed by atoms with Gasteiger partial charge in [-0.25, -0.2) is 4.98 Å². The van der Waals surface area contributed by atoms with E-state index in [-0.39, 0.29) is 5.91 Å². The fourth-order valence-electron chi connectivity index (χ4n) is 4.57. The van der Waals surface area contributed by atoms with Crippen molar-refractivity contribution in [1.82, 2.24) is 19.4 Å². The zero-order valence-electron chi connectivity index (χ0n) is 16.0. The predicted octanol–water partition coefficient (Wildman–Crippen LogP) is 3.05. The average molecular weight is 352 g/mol. The largest absolute Gasteiger partial charge is 0.343 e. The molecule has 0 radical (unpaired) electrons. The van der Waals surface area contributed by atoms with Gasteiger partial charge in [0.15, 0.2) is 0 Å². The molecule has 0 saturated carbocycles. The molecule has 0 N–H and O–H groups in total. The average Bonchev–Trinajstić information content (AvgIpc) is 3.12. The summed E-state index contributed by atoms with van der Waals surface area (Å²) in [6.07, 6.45) is 4.57. The van der Waals surface area contributed by atoms with Crippen molar-refractivity contribution in [3.05, 3.63) is 41.7 Å². The topological polar surface area (TPSA) is 41.4 Å². The van der Waals surface area contributed by atoms with Gasteiger partial charge in [-0.2, -0.15) is 0 Å². The maximum Gasteiger partial charge on any atom is 0.273 e. The van der Waals surface area contributed by atoms with Crippen LogP contribution in [0.2, 0.25) is 0 Å². The van der Waals surface area contributed by atoms with Crippen LogP contribution in [0.3, 0.4) is 0 Å². The molecule has 1 aromatic heterocycles. The van der Waals surface area contributed by atoms with Crippen molar-refractivity contribution < 1.29 is 4.79 Å². The number of fused-ring (bicyclic) bond motifs is 3. The lowest BCUT2D eigenvalue weighted by Gasteiger charge is -2.27. The third-order valence-electron chi connectivity index (χ3n) is 5.79.